The first-order valence-corrected chi connectivity index (χ1v) is 7.05. The maximum absolute atomic E-state index is 9.03. The van der Waals surface area contributed by atoms with E-state index in [1.807, 2.05) is 30.3 Å². The van der Waals surface area contributed by atoms with E-state index in [1.165, 1.54) is 0 Å². The number of anilines is 1. The van der Waals surface area contributed by atoms with Gasteiger partial charge in [0.2, 0.25) is 5.89 Å². The molecule has 0 atom stereocenters. The van der Waals surface area contributed by atoms with Gasteiger partial charge in [0.15, 0.2) is 5.82 Å². The van der Waals surface area contributed by atoms with Gasteiger partial charge < -0.3 is 14.5 Å². The number of para-hydroxylation sites is 1. The van der Waals surface area contributed by atoms with Crippen molar-refractivity contribution < 1.29 is 9.63 Å². The predicted molar refractivity (Wildman–Crippen MR) is 77.5 cm³/mol. The first-order valence-electron chi connectivity index (χ1n) is 7.05. The van der Waals surface area contributed by atoms with Crippen LogP contribution in [0.25, 0.3) is 0 Å². The molecule has 0 bridgehead atoms. The summed E-state index contributed by atoms with van der Waals surface area (Å²) in [6.45, 7) is 3.62. The Balaban J connectivity index is 2.06. The predicted octanol–water partition coefficient (Wildman–Crippen LogP) is 2.41. The number of hydrogen-bond acceptors (Lipinski definition) is 5. The molecule has 1 heterocycles. The Morgan fingerprint density at radius 1 is 1.25 bits per heavy atom. The third-order valence-corrected chi connectivity index (χ3v) is 3.01. The molecule has 1 aromatic carbocycles. The molecule has 5 nitrogen and oxygen atoms in total. The van der Waals surface area contributed by atoms with Gasteiger partial charge in [0.1, 0.15) is 0 Å². The smallest absolute Gasteiger partial charge is 0.226 e. The third-order valence-electron chi connectivity index (χ3n) is 3.01. The highest BCUT2D eigenvalue weighted by molar-refractivity contribution is 5.45. The zero-order chi connectivity index (χ0) is 14.2. The Morgan fingerprint density at radius 2 is 2.05 bits per heavy atom. The lowest BCUT2D eigenvalue weighted by Crippen LogP contribution is -2.25. The van der Waals surface area contributed by atoms with Crippen LogP contribution in [0.1, 0.15) is 31.5 Å². The molecule has 1 aromatic heterocycles. The summed E-state index contributed by atoms with van der Waals surface area (Å²) < 4.78 is 5.21. The summed E-state index contributed by atoms with van der Waals surface area (Å²) >= 11 is 0. The molecule has 0 saturated carbocycles. The molecular formula is C15H21N3O2. The van der Waals surface area contributed by atoms with Gasteiger partial charge in [-0.3, -0.25) is 0 Å². The van der Waals surface area contributed by atoms with E-state index in [1.54, 1.807) is 0 Å². The highest BCUT2D eigenvalue weighted by atomic mass is 16.5. The van der Waals surface area contributed by atoms with Gasteiger partial charge >= 0.3 is 0 Å². The minimum Gasteiger partial charge on any atom is -0.396 e. The van der Waals surface area contributed by atoms with Crippen molar-refractivity contribution in [1.82, 2.24) is 10.1 Å². The molecule has 2 rings (SSSR count). The van der Waals surface area contributed by atoms with E-state index in [4.69, 9.17) is 9.63 Å². The van der Waals surface area contributed by atoms with Gasteiger partial charge in [0.25, 0.3) is 0 Å². The lowest BCUT2D eigenvalue weighted by molar-refractivity contribution is 0.289. The number of rotatable bonds is 8. The molecule has 5 heteroatoms. The molecule has 0 unspecified atom stereocenters. The fourth-order valence-corrected chi connectivity index (χ4v) is 2.04. The Kier molecular flexibility index (Phi) is 5.55. The molecule has 0 aliphatic heterocycles. The highest BCUT2D eigenvalue weighted by Crippen LogP contribution is 2.16. The van der Waals surface area contributed by atoms with Crippen molar-refractivity contribution in [3.8, 4) is 0 Å². The maximum Gasteiger partial charge on any atom is 0.226 e. The number of aromatic nitrogens is 2. The van der Waals surface area contributed by atoms with Crippen LogP contribution in [0.5, 0.6) is 0 Å². The fraction of sp³-hybridized carbons (Fsp3) is 0.467. The summed E-state index contributed by atoms with van der Waals surface area (Å²) in [7, 11) is 0. The van der Waals surface area contributed by atoms with Crippen molar-refractivity contribution in [1.29, 1.82) is 0 Å². The van der Waals surface area contributed by atoms with Crippen LogP contribution in [0.2, 0.25) is 0 Å². The van der Waals surface area contributed by atoms with Crippen LogP contribution in [-0.4, -0.2) is 28.4 Å². The minimum atomic E-state index is 0.177. The van der Waals surface area contributed by atoms with Crippen LogP contribution in [0.15, 0.2) is 34.9 Å². The summed E-state index contributed by atoms with van der Waals surface area (Å²) in [5, 5.41) is 13.0. The summed E-state index contributed by atoms with van der Waals surface area (Å²) in [5.74, 6) is 1.38. The van der Waals surface area contributed by atoms with Crippen molar-refractivity contribution in [2.75, 3.05) is 18.1 Å². The first-order chi connectivity index (χ1) is 9.83. The van der Waals surface area contributed by atoms with E-state index in [0.29, 0.717) is 24.7 Å². The van der Waals surface area contributed by atoms with E-state index in [9.17, 15) is 0 Å². The molecule has 0 fully saturated rings. The van der Waals surface area contributed by atoms with Crippen LogP contribution < -0.4 is 4.90 Å². The van der Waals surface area contributed by atoms with Gasteiger partial charge in [0, 0.05) is 25.3 Å². The van der Waals surface area contributed by atoms with Crippen molar-refractivity contribution in [2.45, 2.75) is 32.7 Å². The average Bonchev–Trinajstić information content (AvgIpc) is 2.92. The Hall–Kier alpha value is -1.88. The van der Waals surface area contributed by atoms with Gasteiger partial charge in [-0.05, 0) is 25.0 Å². The van der Waals surface area contributed by atoms with Gasteiger partial charge in [-0.2, -0.15) is 4.98 Å². The van der Waals surface area contributed by atoms with Crippen LogP contribution in [-0.2, 0) is 13.0 Å². The van der Waals surface area contributed by atoms with Gasteiger partial charge in [-0.1, -0.05) is 30.3 Å². The molecule has 0 saturated heterocycles. The second kappa shape index (κ2) is 7.65. The topological polar surface area (TPSA) is 62.4 Å². The SMILES string of the molecule is CCCc1nc(CN(CCCO)c2ccccc2)no1. The number of nitrogens with zero attached hydrogens (tertiary/aromatic N) is 3. The lowest BCUT2D eigenvalue weighted by Gasteiger charge is -2.22. The molecule has 0 aliphatic carbocycles. The van der Waals surface area contributed by atoms with Crippen molar-refractivity contribution in [2.24, 2.45) is 0 Å². The van der Waals surface area contributed by atoms with Gasteiger partial charge in [-0.15, -0.1) is 0 Å². The Labute approximate surface area is 119 Å². The van der Waals surface area contributed by atoms with Crippen molar-refractivity contribution >= 4 is 5.69 Å². The Morgan fingerprint density at radius 3 is 2.75 bits per heavy atom. The lowest BCUT2D eigenvalue weighted by atomic mass is 10.2. The fourth-order valence-electron chi connectivity index (χ4n) is 2.04. The number of aliphatic hydroxyl groups is 1. The summed E-state index contributed by atoms with van der Waals surface area (Å²) in [6, 6.07) is 10.1. The van der Waals surface area contributed by atoms with Crippen LogP contribution in [0.4, 0.5) is 5.69 Å². The maximum atomic E-state index is 9.03. The summed E-state index contributed by atoms with van der Waals surface area (Å²) in [5.41, 5.74) is 1.10. The average molecular weight is 275 g/mol. The molecule has 108 valence electrons. The monoisotopic (exact) mass is 275 g/mol. The Bertz CT molecular complexity index is 499. The van der Waals surface area contributed by atoms with E-state index in [2.05, 4.69) is 22.0 Å². The quantitative estimate of drug-likeness (QED) is 0.801. The summed E-state index contributed by atoms with van der Waals surface area (Å²) in [4.78, 5) is 6.54. The molecule has 0 aliphatic rings. The van der Waals surface area contributed by atoms with Crippen LogP contribution >= 0.6 is 0 Å². The van der Waals surface area contributed by atoms with Gasteiger partial charge in [0.05, 0.1) is 6.54 Å². The van der Waals surface area contributed by atoms with E-state index in [0.717, 1.165) is 25.1 Å². The molecular weight excluding hydrogens is 254 g/mol. The zero-order valence-corrected chi connectivity index (χ0v) is 11.8. The molecule has 2 aromatic rings. The molecule has 0 amide bonds. The third kappa shape index (κ3) is 4.06. The highest BCUT2D eigenvalue weighted by Gasteiger charge is 2.11. The van der Waals surface area contributed by atoms with Crippen molar-refractivity contribution in [3.05, 3.63) is 42.0 Å². The molecule has 0 radical (unpaired) electrons. The minimum absolute atomic E-state index is 0.177. The van der Waals surface area contributed by atoms with Crippen LogP contribution in [0.3, 0.4) is 0 Å². The molecule has 1 N–H and O–H groups in total. The number of hydrogen-bond donors (Lipinski definition) is 1. The second-order valence-electron chi connectivity index (χ2n) is 4.69. The first kappa shape index (κ1) is 14.5. The van der Waals surface area contributed by atoms with Crippen molar-refractivity contribution in [3.63, 3.8) is 0 Å². The normalized spacial score (nSPS) is 10.7. The van der Waals surface area contributed by atoms with E-state index >= 15 is 0 Å². The van der Waals surface area contributed by atoms with E-state index < -0.39 is 0 Å². The number of aliphatic hydroxyl groups excluding tert-OH is 1. The number of benzene rings is 1. The second-order valence-corrected chi connectivity index (χ2v) is 4.69. The summed E-state index contributed by atoms with van der Waals surface area (Å²) in [6.07, 6.45) is 2.53. The largest absolute Gasteiger partial charge is 0.396 e. The molecule has 20 heavy (non-hydrogen) atoms. The zero-order valence-electron chi connectivity index (χ0n) is 11.8. The standard InChI is InChI=1S/C15H21N3O2/c1-2-7-15-16-14(17-20-15)12-18(10-6-11-19)13-8-4-3-5-9-13/h3-5,8-9,19H,2,6-7,10-12H2,1H3. The molecule has 0 spiro atoms. The van der Waals surface area contributed by atoms with E-state index in [-0.39, 0.29) is 6.61 Å². The number of aryl methyl sites for hydroxylation is 1. The van der Waals surface area contributed by atoms with Crippen LogP contribution in [0, 0.1) is 0 Å². The van der Waals surface area contributed by atoms with Gasteiger partial charge in [-0.25, -0.2) is 0 Å².